The van der Waals surface area contributed by atoms with E-state index in [1.165, 1.54) is 5.57 Å². The maximum atomic E-state index is 14.3. The van der Waals surface area contributed by atoms with Gasteiger partial charge in [-0.25, -0.2) is 12.4 Å². The number of hydrogen-bond acceptors (Lipinski definition) is 2. The Morgan fingerprint density at radius 3 is 1.94 bits per heavy atom. The quantitative estimate of drug-likeness (QED) is 0.254. The SMILES string of the molecule is CC[C@H]1C(c2ccccc2)=C(c2ccccc2)c2c1n(S(=O)(=O)c1ccc(C)cc1)c1ccccc21. The van der Waals surface area contributed by atoms with Crippen molar-refractivity contribution >= 4 is 32.1 Å². The van der Waals surface area contributed by atoms with Crippen LogP contribution in [0.5, 0.6) is 0 Å². The standard InChI is InChI=1S/C32H27NO2S/c1-3-26-29(23-12-6-4-7-13-23)30(24-14-8-5-9-15-24)31-27-16-10-11-17-28(27)33(32(26)31)36(34,35)25-20-18-22(2)19-21-25/h4-21,26H,3H2,1-2H3/t26-/m0/s1. The number of para-hydroxylation sites is 1. The zero-order chi connectivity index (χ0) is 24.9. The third-order valence-corrected chi connectivity index (χ3v) is 8.92. The Labute approximate surface area is 212 Å². The molecular formula is C32H27NO2S. The molecule has 6 rings (SSSR count). The second-order valence-electron chi connectivity index (χ2n) is 9.34. The summed E-state index contributed by atoms with van der Waals surface area (Å²) in [4.78, 5) is 0.306. The topological polar surface area (TPSA) is 39.1 Å². The molecule has 1 atom stereocenters. The molecule has 5 aromatic rings. The molecule has 0 fully saturated rings. The molecule has 0 spiro atoms. The van der Waals surface area contributed by atoms with Crippen LogP contribution in [-0.4, -0.2) is 12.4 Å². The molecule has 36 heavy (non-hydrogen) atoms. The van der Waals surface area contributed by atoms with Crippen LogP contribution in [-0.2, 0) is 10.0 Å². The first-order valence-corrected chi connectivity index (χ1v) is 13.8. The molecule has 0 bridgehead atoms. The first kappa shape index (κ1) is 22.6. The minimum Gasteiger partial charge on any atom is -0.237 e. The fourth-order valence-electron chi connectivity index (χ4n) is 5.60. The molecule has 3 nitrogen and oxygen atoms in total. The van der Waals surface area contributed by atoms with E-state index in [9.17, 15) is 8.42 Å². The number of allylic oxidation sites excluding steroid dienone is 1. The number of benzene rings is 4. The lowest BCUT2D eigenvalue weighted by atomic mass is 9.88. The number of rotatable bonds is 5. The second-order valence-corrected chi connectivity index (χ2v) is 11.1. The molecule has 1 aromatic heterocycles. The van der Waals surface area contributed by atoms with Gasteiger partial charge in [0.25, 0.3) is 10.0 Å². The van der Waals surface area contributed by atoms with Crippen LogP contribution < -0.4 is 0 Å². The Hall–Kier alpha value is -3.89. The summed E-state index contributed by atoms with van der Waals surface area (Å²) in [6.07, 6.45) is 0.785. The highest BCUT2D eigenvalue weighted by Crippen LogP contribution is 2.54. The lowest BCUT2D eigenvalue weighted by Crippen LogP contribution is -2.17. The summed E-state index contributed by atoms with van der Waals surface area (Å²) < 4.78 is 30.2. The Morgan fingerprint density at radius 2 is 1.31 bits per heavy atom. The van der Waals surface area contributed by atoms with Crippen molar-refractivity contribution in [1.29, 1.82) is 0 Å². The maximum Gasteiger partial charge on any atom is 0.268 e. The predicted octanol–water partition coefficient (Wildman–Crippen LogP) is 7.65. The number of aromatic nitrogens is 1. The van der Waals surface area contributed by atoms with Crippen molar-refractivity contribution in [2.75, 3.05) is 0 Å². The van der Waals surface area contributed by atoms with Crippen molar-refractivity contribution in [3.05, 3.63) is 137 Å². The van der Waals surface area contributed by atoms with Crippen LogP contribution in [0.25, 0.3) is 22.0 Å². The van der Waals surface area contributed by atoms with Crippen molar-refractivity contribution in [2.45, 2.75) is 31.1 Å². The molecule has 0 saturated heterocycles. The molecule has 0 aliphatic heterocycles. The molecule has 0 radical (unpaired) electrons. The molecule has 0 unspecified atom stereocenters. The summed E-state index contributed by atoms with van der Waals surface area (Å²) in [6, 6.07) is 35.8. The minimum absolute atomic E-state index is 0.0646. The average molecular weight is 490 g/mol. The summed E-state index contributed by atoms with van der Waals surface area (Å²) >= 11 is 0. The van der Waals surface area contributed by atoms with E-state index in [1.807, 2.05) is 61.5 Å². The van der Waals surface area contributed by atoms with Gasteiger partial charge in [-0.05, 0) is 53.8 Å². The Balaban J connectivity index is 1.75. The van der Waals surface area contributed by atoms with Gasteiger partial charge in [-0.3, -0.25) is 0 Å². The van der Waals surface area contributed by atoms with Gasteiger partial charge in [-0.15, -0.1) is 0 Å². The smallest absolute Gasteiger partial charge is 0.237 e. The molecule has 0 amide bonds. The third-order valence-electron chi connectivity index (χ3n) is 7.18. The average Bonchev–Trinajstić information content (AvgIpc) is 3.42. The molecule has 4 heteroatoms. The van der Waals surface area contributed by atoms with Gasteiger partial charge in [0.2, 0.25) is 0 Å². The molecule has 4 aromatic carbocycles. The van der Waals surface area contributed by atoms with Crippen LogP contribution in [0.2, 0.25) is 0 Å². The van der Waals surface area contributed by atoms with E-state index in [2.05, 4.69) is 49.4 Å². The molecular weight excluding hydrogens is 462 g/mol. The fraction of sp³-hybridized carbons (Fsp3) is 0.125. The second kappa shape index (κ2) is 8.65. The molecule has 0 N–H and O–H groups in total. The number of hydrogen-bond donors (Lipinski definition) is 0. The van der Waals surface area contributed by atoms with Gasteiger partial charge in [0.05, 0.1) is 16.1 Å². The van der Waals surface area contributed by atoms with Crippen LogP contribution in [0, 0.1) is 6.92 Å². The van der Waals surface area contributed by atoms with Gasteiger partial charge >= 0.3 is 0 Å². The van der Waals surface area contributed by atoms with E-state index in [1.54, 1.807) is 16.1 Å². The van der Waals surface area contributed by atoms with E-state index in [-0.39, 0.29) is 5.92 Å². The number of fused-ring (bicyclic) bond motifs is 3. The van der Waals surface area contributed by atoms with Gasteiger partial charge in [0, 0.05) is 16.9 Å². The number of nitrogens with zero attached hydrogens (tertiary/aromatic N) is 1. The summed E-state index contributed by atoms with van der Waals surface area (Å²) in [7, 11) is -3.83. The van der Waals surface area contributed by atoms with E-state index in [0.29, 0.717) is 4.90 Å². The Kier molecular flexibility index (Phi) is 5.42. The Morgan fingerprint density at radius 1 is 0.722 bits per heavy atom. The van der Waals surface area contributed by atoms with Crippen LogP contribution in [0.4, 0.5) is 0 Å². The lowest BCUT2D eigenvalue weighted by Gasteiger charge is -2.20. The highest BCUT2D eigenvalue weighted by Gasteiger charge is 2.40. The summed E-state index contributed by atoms with van der Waals surface area (Å²) in [5, 5.41) is 0.964. The zero-order valence-corrected chi connectivity index (χ0v) is 21.2. The van der Waals surface area contributed by atoms with Crippen LogP contribution in [0.3, 0.4) is 0 Å². The summed E-state index contributed by atoms with van der Waals surface area (Å²) in [5.41, 5.74) is 8.18. The fourth-order valence-corrected chi connectivity index (χ4v) is 7.18. The number of aryl methyl sites for hydroxylation is 1. The summed E-state index contributed by atoms with van der Waals surface area (Å²) in [5.74, 6) is -0.0646. The van der Waals surface area contributed by atoms with Gasteiger partial charge in [0.1, 0.15) is 0 Å². The van der Waals surface area contributed by atoms with Gasteiger partial charge in [-0.2, -0.15) is 0 Å². The largest absolute Gasteiger partial charge is 0.268 e. The first-order chi connectivity index (χ1) is 17.5. The Bertz CT molecular complexity index is 1710. The van der Waals surface area contributed by atoms with Gasteiger partial charge in [0.15, 0.2) is 0 Å². The van der Waals surface area contributed by atoms with Crippen LogP contribution >= 0.6 is 0 Å². The zero-order valence-electron chi connectivity index (χ0n) is 20.3. The normalized spacial score (nSPS) is 15.4. The van der Waals surface area contributed by atoms with Crippen molar-refractivity contribution < 1.29 is 8.42 Å². The monoisotopic (exact) mass is 489 g/mol. The molecule has 1 aliphatic carbocycles. The lowest BCUT2D eigenvalue weighted by molar-refractivity contribution is 0.585. The minimum atomic E-state index is -3.83. The molecule has 0 saturated carbocycles. The predicted molar refractivity (Wildman–Crippen MR) is 148 cm³/mol. The van der Waals surface area contributed by atoms with E-state index in [0.717, 1.165) is 50.8 Å². The third kappa shape index (κ3) is 3.36. The highest BCUT2D eigenvalue weighted by atomic mass is 32.2. The van der Waals surface area contributed by atoms with Crippen molar-refractivity contribution in [3.8, 4) is 0 Å². The van der Waals surface area contributed by atoms with Crippen molar-refractivity contribution in [3.63, 3.8) is 0 Å². The van der Waals surface area contributed by atoms with Crippen LogP contribution in [0.1, 0.15) is 47.2 Å². The van der Waals surface area contributed by atoms with E-state index >= 15 is 0 Å². The van der Waals surface area contributed by atoms with E-state index in [4.69, 9.17) is 0 Å². The molecule has 1 aliphatic rings. The first-order valence-electron chi connectivity index (χ1n) is 12.3. The van der Waals surface area contributed by atoms with Crippen molar-refractivity contribution in [1.82, 2.24) is 3.97 Å². The molecule has 1 heterocycles. The van der Waals surface area contributed by atoms with E-state index < -0.39 is 10.0 Å². The van der Waals surface area contributed by atoms with Gasteiger partial charge in [-0.1, -0.05) is 103 Å². The molecule has 178 valence electrons. The van der Waals surface area contributed by atoms with Gasteiger partial charge < -0.3 is 0 Å². The maximum absolute atomic E-state index is 14.3. The highest BCUT2D eigenvalue weighted by molar-refractivity contribution is 7.90. The van der Waals surface area contributed by atoms with Crippen molar-refractivity contribution in [2.24, 2.45) is 0 Å². The van der Waals surface area contributed by atoms with Crippen LogP contribution in [0.15, 0.2) is 114 Å². The summed E-state index contributed by atoms with van der Waals surface area (Å²) in [6.45, 7) is 4.11.